The Morgan fingerprint density at radius 3 is 2.63 bits per heavy atom. The van der Waals surface area contributed by atoms with Gasteiger partial charge in [0.25, 0.3) is 0 Å². The number of aliphatic carboxylic acids is 1. The molecule has 0 amide bonds. The molecule has 0 radical (unpaired) electrons. The van der Waals surface area contributed by atoms with E-state index >= 15 is 0 Å². The molecule has 102 valence electrons. The molecule has 1 N–H and O–H groups in total. The zero-order valence-corrected chi connectivity index (χ0v) is 11.7. The number of rotatable bonds is 3. The number of hydrogen-bond donors (Lipinski definition) is 1. The minimum Gasteiger partial charge on any atom is -0.495 e. The highest BCUT2D eigenvalue weighted by Gasteiger charge is 2.48. The summed E-state index contributed by atoms with van der Waals surface area (Å²) in [4.78, 5) is 11.7. The van der Waals surface area contributed by atoms with Crippen LogP contribution in [0.1, 0.15) is 42.4 Å². The maximum Gasteiger partial charge on any atom is 0.314 e. The Kier molecular flexibility index (Phi) is 2.97. The molecule has 0 spiro atoms. The van der Waals surface area contributed by atoms with Crippen LogP contribution in [0.5, 0.6) is 5.75 Å². The first-order chi connectivity index (χ1) is 9.10. The van der Waals surface area contributed by atoms with Gasteiger partial charge in [-0.05, 0) is 43.2 Å². The summed E-state index contributed by atoms with van der Waals surface area (Å²) >= 11 is 6.43. The fraction of sp³-hybridized carbons (Fsp3) is 0.533. The molecule has 1 saturated carbocycles. The normalized spacial score (nSPS) is 19.7. The summed E-state index contributed by atoms with van der Waals surface area (Å²) in [5.41, 5.74) is 2.34. The van der Waals surface area contributed by atoms with Crippen molar-refractivity contribution in [1.29, 1.82) is 0 Å². The standard InChI is InChI=1S/C15H17ClO3/c1-19-13-11(15(14(17)18)6-3-7-15)8-9-4-2-5-10(9)12(13)16/h8H,2-7H2,1H3,(H,17,18). The summed E-state index contributed by atoms with van der Waals surface area (Å²) in [6.45, 7) is 0. The number of fused-ring (bicyclic) bond motifs is 1. The summed E-state index contributed by atoms with van der Waals surface area (Å²) < 4.78 is 5.44. The van der Waals surface area contributed by atoms with Crippen molar-refractivity contribution in [2.75, 3.05) is 7.11 Å². The van der Waals surface area contributed by atoms with E-state index in [0.717, 1.165) is 36.8 Å². The molecule has 2 aliphatic rings. The van der Waals surface area contributed by atoms with Crippen molar-refractivity contribution in [2.45, 2.75) is 43.9 Å². The van der Waals surface area contributed by atoms with Crippen LogP contribution in [0.2, 0.25) is 5.02 Å². The van der Waals surface area contributed by atoms with Gasteiger partial charge < -0.3 is 9.84 Å². The first-order valence-electron chi connectivity index (χ1n) is 6.72. The van der Waals surface area contributed by atoms with Crippen LogP contribution >= 0.6 is 11.6 Å². The highest BCUT2D eigenvalue weighted by Crippen LogP contribution is 2.51. The molecular weight excluding hydrogens is 264 g/mol. The molecule has 2 aliphatic carbocycles. The summed E-state index contributed by atoms with van der Waals surface area (Å²) in [6, 6.07) is 2.03. The number of carboxylic acid groups (broad SMARTS) is 1. The maximum absolute atomic E-state index is 11.7. The minimum absolute atomic E-state index is 0.574. The van der Waals surface area contributed by atoms with E-state index in [9.17, 15) is 9.90 Å². The number of carbonyl (C=O) groups is 1. The Hall–Kier alpha value is -1.22. The molecule has 3 nitrogen and oxygen atoms in total. The van der Waals surface area contributed by atoms with E-state index in [2.05, 4.69) is 0 Å². The van der Waals surface area contributed by atoms with Crippen molar-refractivity contribution in [3.05, 3.63) is 27.8 Å². The fourth-order valence-electron chi connectivity index (χ4n) is 3.36. The van der Waals surface area contributed by atoms with Crippen molar-refractivity contribution in [2.24, 2.45) is 0 Å². The molecule has 3 rings (SSSR count). The van der Waals surface area contributed by atoms with E-state index in [0.29, 0.717) is 23.6 Å². The van der Waals surface area contributed by atoms with Crippen LogP contribution in [0.25, 0.3) is 0 Å². The second-order valence-electron chi connectivity index (χ2n) is 5.50. The van der Waals surface area contributed by atoms with Crippen LogP contribution in [0, 0.1) is 0 Å². The molecule has 1 aromatic carbocycles. The van der Waals surface area contributed by atoms with E-state index in [-0.39, 0.29) is 0 Å². The summed E-state index contributed by atoms with van der Waals surface area (Å²) in [5.74, 6) is -0.185. The van der Waals surface area contributed by atoms with Gasteiger partial charge in [-0.2, -0.15) is 0 Å². The second-order valence-corrected chi connectivity index (χ2v) is 5.88. The van der Waals surface area contributed by atoms with E-state index < -0.39 is 11.4 Å². The van der Waals surface area contributed by atoms with Crippen molar-refractivity contribution >= 4 is 17.6 Å². The quantitative estimate of drug-likeness (QED) is 0.924. The van der Waals surface area contributed by atoms with Gasteiger partial charge in [0.2, 0.25) is 0 Å². The number of carboxylic acids is 1. The number of methoxy groups -OCH3 is 1. The maximum atomic E-state index is 11.7. The van der Waals surface area contributed by atoms with Gasteiger partial charge >= 0.3 is 5.97 Å². The van der Waals surface area contributed by atoms with E-state index in [1.54, 1.807) is 7.11 Å². The fourth-order valence-corrected chi connectivity index (χ4v) is 3.75. The second kappa shape index (κ2) is 4.41. The van der Waals surface area contributed by atoms with Gasteiger partial charge in [-0.15, -0.1) is 0 Å². The van der Waals surface area contributed by atoms with Gasteiger partial charge in [-0.1, -0.05) is 24.1 Å². The Morgan fingerprint density at radius 2 is 2.11 bits per heavy atom. The van der Waals surface area contributed by atoms with Gasteiger partial charge in [0.1, 0.15) is 5.75 Å². The molecule has 0 aromatic heterocycles. The molecule has 0 atom stereocenters. The lowest BCUT2D eigenvalue weighted by Gasteiger charge is -2.39. The molecule has 4 heteroatoms. The molecule has 0 aliphatic heterocycles. The van der Waals surface area contributed by atoms with Crippen LogP contribution in [-0.2, 0) is 23.1 Å². The Morgan fingerprint density at radius 1 is 1.37 bits per heavy atom. The molecule has 0 heterocycles. The number of benzene rings is 1. The number of aryl methyl sites for hydroxylation is 1. The molecule has 0 saturated heterocycles. The van der Waals surface area contributed by atoms with E-state index in [1.165, 1.54) is 5.56 Å². The monoisotopic (exact) mass is 280 g/mol. The molecule has 0 unspecified atom stereocenters. The largest absolute Gasteiger partial charge is 0.495 e. The third-order valence-corrected chi connectivity index (χ3v) is 5.02. The van der Waals surface area contributed by atoms with E-state index in [4.69, 9.17) is 16.3 Å². The minimum atomic E-state index is -0.785. The molecule has 1 fully saturated rings. The third kappa shape index (κ3) is 1.68. The Balaban J connectivity index is 2.21. The van der Waals surface area contributed by atoms with Gasteiger partial charge in [-0.3, -0.25) is 4.79 Å². The summed E-state index contributed by atoms with van der Waals surface area (Å²) in [6.07, 6.45) is 5.33. The Bertz CT molecular complexity index is 547. The van der Waals surface area contributed by atoms with Crippen LogP contribution in [0.15, 0.2) is 6.07 Å². The SMILES string of the molecule is COc1c(C2(C(=O)O)CCC2)cc2c(c1Cl)CCC2. The van der Waals surface area contributed by atoms with Crippen molar-refractivity contribution in [3.8, 4) is 5.75 Å². The summed E-state index contributed by atoms with van der Waals surface area (Å²) in [7, 11) is 1.57. The van der Waals surface area contributed by atoms with E-state index in [1.807, 2.05) is 6.07 Å². The molecular formula is C15H17ClO3. The van der Waals surface area contributed by atoms with Crippen LogP contribution in [0.4, 0.5) is 0 Å². The lowest BCUT2D eigenvalue weighted by molar-refractivity contribution is -0.147. The first kappa shape index (κ1) is 12.8. The van der Waals surface area contributed by atoms with Gasteiger partial charge in [-0.25, -0.2) is 0 Å². The lowest BCUT2D eigenvalue weighted by Crippen LogP contribution is -2.42. The zero-order valence-electron chi connectivity index (χ0n) is 11.0. The lowest BCUT2D eigenvalue weighted by atomic mass is 9.64. The first-order valence-corrected chi connectivity index (χ1v) is 7.10. The smallest absolute Gasteiger partial charge is 0.314 e. The van der Waals surface area contributed by atoms with Crippen molar-refractivity contribution < 1.29 is 14.6 Å². The van der Waals surface area contributed by atoms with Gasteiger partial charge in [0, 0.05) is 5.56 Å². The third-order valence-electron chi connectivity index (χ3n) is 4.62. The molecule has 0 bridgehead atoms. The van der Waals surface area contributed by atoms with Crippen LogP contribution in [-0.4, -0.2) is 18.2 Å². The average Bonchev–Trinajstić information content (AvgIpc) is 2.76. The topological polar surface area (TPSA) is 46.5 Å². The van der Waals surface area contributed by atoms with Gasteiger partial charge in [0.05, 0.1) is 17.5 Å². The van der Waals surface area contributed by atoms with Crippen LogP contribution in [0.3, 0.4) is 0 Å². The zero-order chi connectivity index (χ0) is 13.6. The van der Waals surface area contributed by atoms with Gasteiger partial charge in [0.15, 0.2) is 0 Å². The number of hydrogen-bond acceptors (Lipinski definition) is 2. The predicted molar refractivity (Wildman–Crippen MR) is 73.2 cm³/mol. The predicted octanol–water partition coefficient (Wildman–Crippen LogP) is 3.34. The summed E-state index contributed by atoms with van der Waals surface area (Å²) in [5, 5.41) is 10.2. The highest BCUT2D eigenvalue weighted by atomic mass is 35.5. The van der Waals surface area contributed by atoms with Crippen LogP contribution < -0.4 is 4.74 Å². The molecule has 1 aromatic rings. The highest BCUT2D eigenvalue weighted by molar-refractivity contribution is 6.33. The van der Waals surface area contributed by atoms with Crippen molar-refractivity contribution in [1.82, 2.24) is 0 Å². The average molecular weight is 281 g/mol. The Labute approximate surface area is 117 Å². The van der Waals surface area contributed by atoms with Crippen molar-refractivity contribution in [3.63, 3.8) is 0 Å². The number of halogens is 1. The molecule has 19 heavy (non-hydrogen) atoms. The number of ether oxygens (including phenoxy) is 1.